The molecule has 0 unspecified atom stereocenters. The van der Waals surface area contributed by atoms with Crippen LogP contribution in [0.1, 0.15) is 39.0 Å². The predicted molar refractivity (Wildman–Crippen MR) is 49.2 cm³/mol. The van der Waals surface area contributed by atoms with E-state index in [0.29, 0.717) is 11.3 Å². The van der Waals surface area contributed by atoms with Gasteiger partial charge in [0.25, 0.3) is 0 Å². The Morgan fingerprint density at radius 1 is 1.31 bits per heavy atom. The van der Waals surface area contributed by atoms with Gasteiger partial charge < -0.3 is 10.2 Å². The molecule has 1 spiro atoms. The van der Waals surface area contributed by atoms with E-state index < -0.39 is 5.60 Å². The second kappa shape index (κ2) is 1.96. The summed E-state index contributed by atoms with van der Waals surface area (Å²) >= 11 is 0. The highest BCUT2D eigenvalue weighted by atomic mass is 16.3. The van der Waals surface area contributed by atoms with Gasteiger partial charge in [0.05, 0.1) is 12.2 Å². The third kappa shape index (κ3) is 0.637. The monoisotopic (exact) mass is 182 g/mol. The highest BCUT2D eigenvalue weighted by molar-refractivity contribution is 5.26. The number of aliphatic hydroxyl groups is 2. The lowest BCUT2D eigenvalue weighted by molar-refractivity contribution is -0.101. The van der Waals surface area contributed by atoms with Gasteiger partial charge in [-0.2, -0.15) is 0 Å². The molecule has 2 N–H and O–H groups in total. The van der Waals surface area contributed by atoms with Gasteiger partial charge in [-0.3, -0.25) is 0 Å². The Kier molecular flexibility index (Phi) is 1.24. The molecule has 3 atom stereocenters. The fraction of sp³-hybridized carbons (Fsp3) is 1.00. The minimum Gasteiger partial charge on any atom is -0.396 e. The van der Waals surface area contributed by atoms with Crippen LogP contribution < -0.4 is 0 Å². The molecule has 3 fully saturated rings. The molecule has 2 bridgehead atoms. The fourth-order valence-electron chi connectivity index (χ4n) is 4.54. The van der Waals surface area contributed by atoms with E-state index in [0.717, 1.165) is 12.8 Å². The summed E-state index contributed by atoms with van der Waals surface area (Å²) in [7, 11) is 0. The van der Waals surface area contributed by atoms with E-state index in [2.05, 4.69) is 0 Å². The largest absolute Gasteiger partial charge is 0.396 e. The Hall–Kier alpha value is -0.0800. The third-order valence-electron chi connectivity index (χ3n) is 5.39. The van der Waals surface area contributed by atoms with Gasteiger partial charge in [0.15, 0.2) is 0 Å². The van der Waals surface area contributed by atoms with Crippen molar-refractivity contribution in [3.63, 3.8) is 0 Å². The molecule has 0 aliphatic heterocycles. The van der Waals surface area contributed by atoms with Crippen molar-refractivity contribution in [2.75, 3.05) is 6.61 Å². The number of rotatable bonds is 1. The van der Waals surface area contributed by atoms with E-state index in [1.54, 1.807) is 0 Å². The average Bonchev–Trinajstić information content (AvgIpc) is 2.74. The molecule has 0 aromatic heterocycles. The summed E-state index contributed by atoms with van der Waals surface area (Å²) in [5, 5.41) is 19.9. The molecule has 0 aromatic carbocycles. The molecule has 3 rings (SSSR count). The van der Waals surface area contributed by atoms with Gasteiger partial charge in [-0.05, 0) is 50.4 Å². The van der Waals surface area contributed by atoms with Crippen molar-refractivity contribution in [2.45, 2.75) is 44.6 Å². The van der Waals surface area contributed by atoms with Crippen molar-refractivity contribution in [3.8, 4) is 0 Å². The summed E-state index contributed by atoms with van der Waals surface area (Å²) < 4.78 is 0. The third-order valence-corrected chi connectivity index (χ3v) is 5.39. The molecule has 0 heterocycles. The lowest BCUT2D eigenvalue weighted by Gasteiger charge is -2.41. The smallest absolute Gasteiger partial charge is 0.0705 e. The highest BCUT2D eigenvalue weighted by Gasteiger charge is 2.76. The van der Waals surface area contributed by atoms with Gasteiger partial charge in [0, 0.05) is 5.41 Å². The second-order valence-electron chi connectivity index (χ2n) is 5.61. The Morgan fingerprint density at radius 2 is 2.00 bits per heavy atom. The highest BCUT2D eigenvalue weighted by Crippen LogP contribution is 2.79. The van der Waals surface area contributed by atoms with Crippen molar-refractivity contribution >= 4 is 0 Å². The first-order chi connectivity index (χ1) is 6.08. The van der Waals surface area contributed by atoms with Crippen molar-refractivity contribution in [3.05, 3.63) is 0 Å². The summed E-state index contributed by atoms with van der Waals surface area (Å²) in [6.07, 6.45) is 5.69. The first kappa shape index (κ1) is 8.25. The van der Waals surface area contributed by atoms with Crippen LogP contribution >= 0.6 is 0 Å². The number of hydrogen-bond donors (Lipinski definition) is 2. The van der Waals surface area contributed by atoms with Crippen LogP contribution in [0.2, 0.25) is 0 Å². The molecular formula is C11H18O2. The number of hydrogen-bond acceptors (Lipinski definition) is 2. The standard InChI is InChI=1S/C11H18O2/c1-9(13)6-8-2-3-11(9,7-12)10(8)4-5-10/h8,12-13H,2-7H2,1H3/t8-,9-,11-/m1/s1. The quantitative estimate of drug-likeness (QED) is 0.642. The minimum atomic E-state index is -0.596. The van der Waals surface area contributed by atoms with Crippen molar-refractivity contribution in [1.29, 1.82) is 0 Å². The molecule has 0 saturated heterocycles. The van der Waals surface area contributed by atoms with Gasteiger partial charge in [-0.25, -0.2) is 0 Å². The molecule has 3 aliphatic carbocycles. The zero-order chi connectivity index (χ0) is 9.32. The Bertz CT molecular complexity index is 255. The van der Waals surface area contributed by atoms with E-state index in [1.165, 1.54) is 19.3 Å². The van der Waals surface area contributed by atoms with E-state index in [1.807, 2.05) is 6.92 Å². The zero-order valence-electron chi connectivity index (χ0n) is 8.21. The van der Waals surface area contributed by atoms with Crippen LogP contribution in [0.3, 0.4) is 0 Å². The zero-order valence-corrected chi connectivity index (χ0v) is 8.21. The van der Waals surface area contributed by atoms with Crippen LogP contribution in [0.4, 0.5) is 0 Å². The summed E-state index contributed by atoms with van der Waals surface area (Å²) in [5.74, 6) is 0.703. The molecule has 0 radical (unpaired) electrons. The summed E-state index contributed by atoms with van der Waals surface area (Å²) in [4.78, 5) is 0. The van der Waals surface area contributed by atoms with Crippen molar-refractivity contribution in [2.24, 2.45) is 16.7 Å². The van der Waals surface area contributed by atoms with Gasteiger partial charge in [-0.15, -0.1) is 0 Å². The van der Waals surface area contributed by atoms with E-state index >= 15 is 0 Å². The first-order valence-corrected chi connectivity index (χ1v) is 5.41. The van der Waals surface area contributed by atoms with Crippen LogP contribution in [0.25, 0.3) is 0 Å². The molecule has 0 aromatic rings. The van der Waals surface area contributed by atoms with Crippen LogP contribution in [-0.2, 0) is 0 Å². The maximum Gasteiger partial charge on any atom is 0.0705 e. The SMILES string of the molecule is C[C@@]1(O)C[C@H]2CC[C@]1(CO)C21CC1. The lowest BCUT2D eigenvalue weighted by atomic mass is 9.68. The summed E-state index contributed by atoms with van der Waals surface area (Å²) in [6.45, 7) is 2.12. The summed E-state index contributed by atoms with van der Waals surface area (Å²) in [6, 6.07) is 0. The van der Waals surface area contributed by atoms with Crippen LogP contribution in [-0.4, -0.2) is 22.4 Å². The molecular weight excluding hydrogens is 164 g/mol. The van der Waals surface area contributed by atoms with Crippen LogP contribution in [0, 0.1) is 16.7 Å². The normalized spacial score (nSPS) is 56.1. The molecule has 2 heteroatoms. The van der Waals surface area contributed by atoms with E-state index in [4.69, 9.17) is 0 Å². The Labute approximate surface area is 79.0 Å². The van der Waals surface area contributed by atoms with Gasteiger partial charge >= 0.3 is 0 Å². The second-order valence-corrected chi connectivity index (χ2v) is 5.61. The van der Waals surface area contributed by atoms with Crippen molar-refractivity contribution < 1.29 is 10.2 Å². The maximum absolute atomic E-state index is 10.4. The molecule has 2 nitrogen and oxygen atoms in total. The minimum absolute atomic E-state index is 0.134. The Balaban J connectivity index is 2.11. The fourth-order valence-corrected chi connectivity index (χ4v) is 4.54. The topological polar surface area (TPSA) is 40.5 Å². The molecule has 0 amide bonds. The molecule has 13 heavy (non-hydrogen) atoms. The summed E-state index contributed by atoms with van der Waals surface area (Å²) in [5.41, 5.74) is -0.378. The Morgan fingerprint density at radius 3 is 2.38 bits per heavy atom. The van der Waals surface area contributed by atoms with Gasteiger partial charge in [-0.1, -0.05) is 0 Å². The lowest BCUT2D eigenvalue weighted by Crippen LogP contribution is -2.47. The molecule has 74 valence electrons. The van der Waals surface area contributed by atoms with Crippen LogP contribution in [0.5, 0.6) is 0 Å². The van der Waals surface area contributed by atoms with E-state index in [-0.39, 0.29) is 12.0 Å². The molecule has 3 saturated carbocycles. The predicted octanol–water partition coefficient (Wildman–Crippen LogP) is 1.31. The first-order valence-electron chi connectivity index (χ1n) is 5.41. The molecule has 3 aliphatic rings. The maximum atomic E-state index is 10.4. The van der Waals surface area contributed by atoms with Gasteiger partial charge in [0.2, 0.25) is 0 Å². The van der Waals surface area contributed by atoms with Gasteiger partial charge in [0.1, 0.15) is 0 Å². The van der Waals surface area contributed by atoms with Crippen molar-refractivity contribution in [1.82, 2.24) is 0 Å². The number of aliphatic hydroxyl groups excluding tert-OH is 1. The average molecular weight is 182 g/mol. The van der Waals surface area contributed by atoms with Crippen LogP contribution in [0.15, 0.2) is 0 Å². The van der Waals surface area contributed by atoms with E-state index in [9.17, 15) is 10.2 Å².